The summed E-state index contributed by atoms with van der Waals surface area (Å²) in [4.78, 5) is 4.07. The highest BCUT2D eigenvalue weighted by atomic mass is 32.2. The van der Waals surface area contributed by atoms with E-state index in [4.69, 9.17) is 5.73 Å². The number of pyridine rings is 1. The van der Waals surface area contributed by atoms with Crippen molar-refractivity contribution in [2.75, 3.05) is 17.2 Å². The molecule has 0 aromatic carbocycles. The third-order valence-electron chi connectivity index (χ3n) is 2.69. The predicted molar refractivity (Wildman–Crippen MR) is 82.4 cm³/mol. The minimum Gasteiger partial charge on any atom is -0.381 e. The van der Waals surface area contributed by atoms with Gasteiger partial charge in [0.15, 0.2) is 10.8 Å². The van der Waals surface area contributed by atoms with Crippen LogP contribution in [-0.2, 0) is 10.0 Å². The summed E-state index contributed by atoms with van der Waals surface area (Å²) in [5.41, 5.74) is 6.27. The zero-order valence-electron chi connectivity index (χ0n) is 11.4. The third kappa shape index (κ3) is 3.08. The molecule has 1 atom stereocenters. The number of imidazole rings is 1. The van der Waals surface area contributed by atoms with E-state index < -0.39 is 10.0 Å². The maximum absolute atomic E-state index is 12.4. The summed E-state index contributed by atoms with van der Waals surface area (Å²) in [5, 5.41) is 0.00134. The summed E-state index contributed by atoms with van der Waals surface area (Å²) in [6.07, 6.45) is 1.64. The van der Waals surface area contributed by atoms with Gasteiger partial charge < -0.3 is 5.73 Å². The van der Waals surface area contributed by atoms with E-state index in [-0.39, 0.29) is 16.9 Å². The second-order valence-corrected chi connectivity index (χ2v) is 7.36. The fourth-order valence-corrected chi connectivity index (χ4v) is 4.15. The first-order valence-corrected chi connectivity index (χ1v) is 8.92. The van der Waals surface area contributed by atoms with Gasteiger partial charge in [0.2, 0.25) is 0 Å². The van der Waals surface area contributed by atoms with Gasteiger partial charge in [0, 0.05) is 18.0 Å². The standard InChI is InChI=1S/C12H18N4O2S2/c1-3-19-8-9(2)15-20(17,18)12-11(13)14-10-6-4-5-7-16(10)12/h4-7,9,15H,3,8,13H2,1-2H3. The van der Waals surface area contributed by atoms with Crippen LogP contribution in [0.3, 0.4) is 0 Å². The summed E-state index contributed by atoms with van der Waals surface area (Å²) in [6, 6.07) is 5.07. The lowest BCUT2D eigenvalue weighted by Gasteiger charge is -2.13. The zero-order valence-corrected chi connectivity index (χ0v) is 13.0. The molecule has 6 nitrogen and oxygen atoms in total. The quantitative estimate of drug-likeness (QED) is 0.840. The van der Waals surface area contributed by atoms with Gasteiger partial charge in [0.1, 0.15) is 5.65 Å². The van der Waals surface area contributed by atoms with Crippen molar-refractivity contribution in [2.24, 2.45) is 0 Å². The number of hydrogen-bond acceptors (Lipinski definition) is 5. The molecule has 110 valence electrons. The molecule has 0 bridgehead atoms. The molecule has 0 saturated carbocycles. The average molecular weight is 314 g/mol. The summed E-state index contributed by atoms with van der Waals surface area (Å²) in [7, 11) is -3.69. The number of rotatable bonds is 6. The van der Waals surface area contributed by atoms with E-state index in [1.807, 2.05) is 13.8 Å². The minimum absolute atomic E-state index is 0.00134. The number of thioether (sulfide) groups is 1. The maximum Gasteiger partial charge on any atom is 0.260 e. The lowest BCUT2D eigenvalue weighted by molar-refractivity contribution is 0.566. The van der Waals surface area contributed by atoms with Gasteiger partial charge in [-0.3, -0.25) is 4.40 Å². The fraction of sp³-hybridized carbons (Fsp3) is 0.417. The number of nitrogens with two attached hydrogens (primary N) is 1. The number of nitrogens with zero attached hydrogens (tertiary/aromatic N) is 2. The Labute approximate surface area is 122 Å². The predicted octanol–water partition coefficient (Wildman–Crippen LogP) is 1.34. The second-order valence-electron chi connectivity index (χ2n) is 4.41. The largest absolute Gasteiger partial charge is 0.381 e. The van der Waals surface area contributed by atoms with Gasteiger partial charge in [-0.2, -0.15) is 11.8 Å². The molecular weight excluding hydrogens is 296 g/mol. The number of nitrogens with one attached hydrogen (secondary N) is 1. The molecule has 8 heteroatoms. The first-order chi connectivity index (χ1) is 9.45. The fourth-order valence-electron chi connectivity index (χ4n) is 1.91. The molecule has 0 aliphatic carbocycles. The second kappa shape index (κ2) is 6.02. The average Bonchev–Trinajstić information content (AvgIpc) is 2.72. The molecule has 0 aliphatic heterocycles. The minimum atomic E-state index is -3.69. The first-order valence-electron chi connectivity index (χ1n) is 6.28. The van der Waals surface area contributed by atoms with Crippen LogP contribution in [0, 0.1) is 0 Å². The van der Waals surface area contributed by atoms with Gasteiger partial charge in [0.25, 0.3) is 10.0 Å². The van der Waals surface area contributed by atoms with E-state index in [1.165, 1.54) is 4.40 Å². The topological polar surface area (TPSA) is 89.5 Å². The van der Waals surface area contributed by atoms with Gasteiger partial charge in [0.05, 0.1) is 0 Å². The molecular formula is C12H18N4O2S2. The highest BCUT2D eigenvalue weighted by Crippen LogP contribution is 2.20. The van der Waals surface area contributed by atoms with Crippen molar-refractivity contribution < 1.29 is 8.42 Å². The van der Waals surface area contributed by atoms with E-state index in [0.29, 0.717) is 11.4 Å². The molecule has 2 heterocycles. The van der Waals surface area contributed by atoms with Crippen LogP contribution in [0.25, 0.3) is 5.65 Å². The Bertz CT molecular complexity index is 697. The molecule has 20 heavy (non-hydrogen) atoms. The summed E-state index contributed by atoms with van der Waals surface area (Å²) < 4.78 is 29.0. The molecule has 0 spiro atoms. The lowest BCUT2D eigenvalue weighted by Crippen LogP contribution is -2.35. The van der Waals surface area contributed by atoms with Gasteiger partial charge in [-0.05, 0) is 24.8 Å². The zero-order chi connectivity index (χ0) is 14.8. The summed E-state index contributed by atoms with van der Waals surface area (Å²) in [5.74, 6) is 1.68. The number of sulfonamides is 1. The van der Waals surface area contributed by atoms with Crippen molar-refractivity contribution in [2.45, 2.75) is 24.9 Å². The van der Waals surface area contributed by atoms with E-state index in [0.717, 1.165) is 5.75 Å². The van der Waals surface area contributed by atoms with Gasteiger partial charge in [-0.1, -0.05) is 13.0 Å². The Kier molecular flexibility index (Phi) is 4.56. The van der Waals surface area contributed by atoms with Crippen LogP contribution in [0.1, 0.15) is 13.8 Å². The smallest absolute Gasteiger partial charge is 0.260 e. The van der Waals surface area contributed by atoms with E-state index in [2.05, 4.69) is 9.71 Å². The van der Waals surface area contributed by atoms with Gasteiger partial charge in [-0.15, -0.1) is 0 Å². The van der Waals surface area contributed by atoms with Crippen molar-refractivity contribution in [3.63, 3.8) is 0 Å². The van der Waals surface area contributed by atoms with Gasteiger partial charge >= 0.3 is 0 Å². The Morgan fingerprint density at radius 3 is 2.95 bits per heavy atom. The molecule has 0 aliphatic rings. The third-order valence-corrected chi connectivity index (χ3v) is 5.47. The van der Waals surface area contributed by atoms with Crippen LogP contribution in [0.15, 0.2) is 29.4 Å². The molecule has 3 N–H and O–H groups in total. The van der Waals surface area contributed by atoms with Crippen LogP contribution in [0.4, 0.5) is 5.82 Å². The molecule has 0 fully saturated rings. The Morgan fingerprint density at radius 2 is 2.25 bits per heavy atom. The van der Waals surface area contributed by atoms with Crippen LogP contribution in [0.2, 0.25) is 0 Å². The Balaban J connectivity index is 2.34. The highest BCUT2D eigenvalue weighted by molar-refractivity contribution is 7.99. The number of nitrogen functional groups attached to an aromatic ring is 1. The van der Waals surface area contributed by atoms with Crippen LogP contribution >= 0.6 is 11.8 Å². The lowest BCUT2D eigenvalue weighted by atomic mass is 10.4. The SMILES string of the molecule is CCSCC(C)NS(=O)(=O)c1c(N)nc2ccccn12. The van der Waals surface area contributed by atoms with E-state index in [1.54, 1.807) is 36.2 Å². The molecule has 0 amide bonds. The normalized spacial score (nSPS) is 13.7. The molecule has 2 aromatic heterocycles. The molecule has 0 radical (unpaired) electrons. The molecule has 2 aromatic rings. The molecule has 0 saturated heterocycles. The monoisotopic (exact) mass is 314 g/mol. The maximum atomic E-state index is 12.4. The van der Waals surface area contributed by atoms with Crippen molar-refractivity contribution >= 4 is 33.3 Å². The van der Waals surface area contributed by atoms with Crippen LogP contribution in [0.5, 0.6) is 0 Å². The Morgan fingerprint density at radius 1 is 1.50 bits per heavy atom. The molecule has 1 unspecified atom stereocenters. The van der Waals surface area contributed by atoms with E-state index >= 15 is 0 Å². The first kappa shape index (κ1) is 15.1. The van der Waals surface area contributed by atoms with Crippen molar-refractivity contribution in [1.82, 2.24) is 14.1 Å². The molecule has 2 rings (SSSR count). The number of aromatic nitrogens is 2. The van der Waals surface area contributed by atoms with Crippen molar-refractivity contribution in [1.29, 1.82) is 0 Å². The van der Waals surface area contributed by atoms with Crippen molar-refractivity contribution in [3.8, 4) is 0 Å². The Hall–Kier alpha value is -1.25. The van der Waals surface area contributed by atoms with Crippen LogP contribution < -0.4 is 10.5 Å². The number of hydrogen-bond donors (Lipinski definition) is 2. The number of fused-ring (bicyclic) bond motifs is 1. The summed E-state index contributed by atoms with van der Waals surface area (Å²) in [6.45, 7) is 3.87. The summed E-state index contributed by atoms with van der Waals surface area (Å²) >= 11 is 1.68. The van der Waals surface area contributed by atoms with Crippen LogP contribution in [-0.4, -0.2) is 35.4 Å². The van der Waals surface area contributed by atoms with Gasteiger partial charge in [-0.25, -0.2) is 18.1 Å². The van der Waals surface area contributed by atoms with Crippen molar-refractivity contribution in [3.05, 3.63) is 24.4 Å². The highest BCUT2D eigenvalue weighted by Gasteiger charge is 2.25. The number of anilines is 1. The van der Waals surface area contributed by atoms with E-state index in [9.17, 15) is 8.42 Å².